The van der Waals surface area contributed by atoms with Crippen molar-refractivity contribution >= 4 is 34.4 Å². The molecule has 2 aromatic heterocycles. The summed E-state index contributed by atoms with van der Waals surface area (Å²) in [6.45, 7) is 0.996. The summed E-state index contributed by atoms with van der Waals surface area (Å²) in [6, 6.07) is 3.95. The van der Waals surface area contributed by atoms with Gasteiger partial charge in [-0.15, -0.1) is 11.3 Å². The highest BCUT2D eigenvalue weighted by Gasteiger charge is 2.30. The van der Waals surface area contributed by atoms with E-state index in [0.29, 0.717) is 55.8 Å². The molecule has 0 spiro atoms. The Morgan fingerprint density at radius 1 is 1.35 bits per heavy atom. The number of nitriles is 1. The smallest absolute Gasteiger partial charge is 0.410 e. The molecule has 162 valence electrons. The summed E-state index contributed by atoms with van der Waals surface area (Å²) in [5.74, 6) is -0.327. The molecule has 4 rings (SSSR count). The van der Waals surface area contributed by atoms with Crippen LogP contribution < -0.4 is 5.32 Å². The van der Waals surface area contributed by atoms with Crippen LogP contribution in [-0.4, -0.2) is 47.3 Å². The molecule has 3 heterocycles. The zero-order chi connectivity index (χ0) is 21.8. The van der Waals surface area contributed by atoms with E-state index in [-0.39, 0.29) is 24.2 Å². The van der Waals surface area contributed by atoms with Gasteiger partial charge < -0.3 is 24.5 Å². The number of anilines is 1. The molecule has 1 aliphatic carbocycles. The number of hydrogen-bond acceptors (Lipinski definition) is 7. The zero-order valence-corrected chi connectivity index (χ0v) is 17.7. The number of fused-ring (bicyclic) bond motifs is 1. The third kappa shape index (κ3) is 4.98. The fourth-order valence-electron chi connectivity index (χ4n) is 3.82. The van der Waals surface area contributed by atoms with E-state index in [2.05, 4.69) is 11.4 Å². The molecule has 2 N–H and O–H groups in total. The summed E-state index contributed by atoms with van der Waals surface area (Å²) >= 11 is 1.36. The van der Waals surface area contributed by atoms with Crippen LogP contribution in [0.25, 0.3) is 6.08 Å². The lowest BCUT2D eigenvalue weighted by molar-refractivity contribution is -0.111. The van der Waals surface area contributed by atoms with Crippen molar-refractivity contribution in [1.82, 2.24) is 4.90 Å². The van der Waals surface area contributed by atoms with Gasteiger partial charge >= 0.3 is 6.09 Å². The number of carbonyl (C=O) groups excluding carboxylic acids is 2. The van der Waals surface area contributed by atoms with Crippen molar-refractivity contribution in [1.29, 1.82) is 5.26 Å². The lowest BCUT2D eigenvalue weighted by Gasteiger charge is -2.31. The maximum Gasteiger partial charge on any atom is 0.410 e. The number of rotatable bonds is 4. The molecular formula is C22H23N3O5S. The highest BCUT2D eigenvalue weighted by atomic mass is 32.1. The first-order chi connectivity index (χ1) is 15.0. The predicted octanol–water partition coefficient (Wildman–Crippen LogP) is 3.32. The Bertz CT molecular complexity index is 1010. The molecule has 31 heavy (non-hydrogen) atoms. The second-order valence-corrected chi connectivity index (χ2v) is 8.77. The SMILES string of the molecule is N#Cc1c(NC(=O)/C=C/c2ccoc2)sc2c1CCC(OC(=O)N1CCC(O)CC1)C2. The van der Waals surface area contributed by atoms with Gasteiger partial charge in [0.05, 0.1) is 24.2 Å². The van der Waals surface area contributed by atoms with E-state index in [9.17, 15) is 20.0 Å². The molecule has 8 nitrogen and oxygen atoms in total. The quantitative estimate of drug-likeness (QED) is 0.703. The Morgan fingerprint density at radius 3 is 2.87 bits per heavy atom. The van der Waals surface area contributed by atoms with Crippen LogP contribution in [0.5, 0.6) is 0 Å². The van der Waals surface area contributed by atoms with Gasteiger partial charge in [0.1, 0.15) is 17.2 Å². The maximum absolute atomic E-state index is 12.4. The molecule has 9 heteroatoms. The number of nitrogens with one attached hydrogen (secondary N) is 1. The van der Waals surface area contributed by atoms with Gasteiger partial charge in [-0.3, -0.25) is 4.79 Å². The van der Waals surface area contributed by atoms with Gasteiger partial charge in [-0.25, -0.2) is 4.79 Å². The number of thiophene rings is 1. The monoisotopic (exact) mass is 441 g/mol. The molecule has 1 saturated heterocycles. The molecule has 2 aromatic rings. The number of likely N-dealkylation sites (tertiary alicyclic amines) is 1. The van der Waals surface area contributed by atoms with Crippen LogP contribution in [0.2, 0.25) is 0 Å². The van der Waals surface area contributed by atoms with Gasteiger partial charge in [-0.2, -0.15) is 5.26 Å². The minimum absolute atomic E-state index is 0.262. The first-order valence-electron chi connectivity index (χ1n) is 10.2. The lowest BCUT2D eigenvalue weighted by Crippen LogP contribution is -2.42. The minimum Gasteiger partial charge on any atom is -0.472 e. The first kappa shape index (κ1) is 21.2. The fourth-order valence-corrected chi connectivity index (χ4v) is 5.09. The van der Waals surface area contributed by atoms with Gasteiger partial charge in [-0.05, 0) is 43.4 Å². The van der Waals surface area contributed by atoms with Crippen LogP contribution in [0, 0.1) is 11.3 Å². The summed E-state index contributed by atoms with van der Waals surface area (Å²) in [7, 11) is 0. The van der Waals surface area contributed by atoms with Crippen molar-refractivity contribution in [2.75, 3.05) is 18.4 Å². The van der Waals surface area contributed by atoms with Crippen LogP contribution in [0.15, 0.2) is 29.1 Å². The van der Waals surface area contributed by atoms with Gasteiger partial charge in [-0.1, -0.05) is 0 Å². The molecule has 1 aliphatic heterocycles. The third-order valence-corrected chi connectivity index (χ3v) is 6.70. The number of aliphatic hydroxyl groups excluding tert-OH is 1. The van der Waals surface area contributed by atoms with Crippen LogP contribution in [-0.2, 0) is 22.4 Å². The van der Waals surface area contributed by atoms with Crippen molar-refractivity contribution in [2.45, 2.75) is 44.3 Å². The van der Waals surface area contributed by atoms with Crippen molar-refractivity contribution in [3.63, 3.8) is 0 Å². The number of ether oxygens (including phenoxy) is 1. The van der Waals surface area contributed by atoms with Crippen molar-refractivity contribution in [3.8, 4) is 6.07 Å². The topological polar surface area (TPSA) is 116 Å². The summed E-state index contributed by atoms with van der Waals surface area (Å²) in [5, 5.41) is 22.5. The molecule has 2 aliphatic rings. The standard InChI is InChI=1S/C22H23N3O5S/c23-12-18-17-3-2-16(30-22(28)25-8-5-15(26)6-9-25)11-19(17)31-21(18)24-20(27)4-1-14-7-10-29-13-14/h1,4,7,10,13,15-16,26H,2-3,5-6,8-9,11H2,(H,24,27)/b4-1+. The molecule has 1 fully saturated rings. The number of aliphatic hydroxyl groups is 1. The number of piperidine rings is 1. The molecule has 2 amide bonds. The number of furan rings is 1. The molecule has 1 atom stereocenters. The molecular weight excluding hydrogens is 418 g/mol. The normalized spacial score (nSPS) is 19.1. The van der Waals surface area contributed by atoms with E-state index < -0.39 is 0 Å². The van der Waals surface area contributed by atoms with E-state index >= 15 is 0 Å². The van der Waals surface area contributed by atoms with Crippen molar-refractivity contribution in [3.05, 3.63) is 46.2 Å². The third-order valence-electron chi connectivity index (χ3n) is 5.53. The Kier molecular flexibility index (Phi) is 6.39. The second-order valence-electron chi connectivity index (χ2n) is 7.67. The highest BCUT2D eigenvalue weighted by Crippen LogP contribution is 2.38. The van der Waals surface area contributed by atoms with E-state index in [1.165, 1.54) is 29.9 Å². The van der Waals surface area contributed by atoms with Crippen molar-refractivity contribution in [2.24, 2.45) is 0 Å². The van der Waals surface area contributed by atoms with Crippen LogP contribution in [0.4, 0.5) is 9.80 Å². The maximum atomic E-state index is 12.4. The summed E-state index contributed by atoms with van der Waals surface area (Å²) in [4.78, 5) is 27.3. The van der Waals surface area contributed by atoms with Gasteiger partial charge in [0.25, 0.3) is 0 Å². The average Bonchev–Trinajstić information content (AvgIpc) is 3.39. The largest absolute Gasteiger partial charge is 0.472 e. The second kappa shape index (κ2) is 9.37. The summed E-state index contributed by atoms with van der Waals surface area (Å²) in [5.41, 5.74) is 2.18. The van der Waals surface area contributed by atoms with E-state index in [1.807, 2.05) is 0 Å². The zero-order valence-electron chi connectivity index (χ0n) is 16.9. The Morgan fingerprint density at radius 2 is 2.16 bits per heavy atom. The minimum atomic E-state index is -0.352. The molecule has 0 aromatic carbocycles. The van der Waals surface area contributed by atoms with Gasteiger partial charge in [0.2, 0.25) is 5.91 Å². The Balaban J connectivity index is 1.39. The van der Waals surface area contributed by atoms with Crippen molar-refractivity contribution < 1.29 is 23.8 Å². The number of carbonyl (C=O) groups is 2. The van der Waals surface area contributed by atoms with E-state index in [4.69, 9.17) is 9.15 Å². The van der Waals surface area contributed by atoms with Crippen LogP contribution in [0.3, 0.4) is 0 Å². The number of nitrogens with zero attached hydrogens (tertiary/aromatic N) is 2. The van der Waals surface area contributed by atoms with Gasteiger partial charge in [0.15, 0.2) is 0 Å². The molecule has 1 unspecified atom stereocenters. The molecule has 0 bridgehead atoms. The van der Waals surface area contributed by atoms with E-state index in [1.54, 1.807) is 17.0 Å². The van der Waals surface area contributed by atoms with E-state index in [0.717, 1.165) is 16.0 Å². The Hall–Kier alpha value is -3.09. The van der Waals surface area contributed by atoms with Gasteiger partial charge in [0, 0.05) is 36.0 Å². The number of amides is 2. The van der Waals surface area contributed by atoms with Crippen LogP contribution >= 0.6 is 11.3 Å². The molecule has 0 radical (unpaired) electrons. The lowest BCUT2D eigenvalue weighted by atomic mass is 9.94. The highest BCUT2D eigenvalue weighted by molar-refractivity contribution is 7.16. The average molecular weight is 442 g/mol. The summed E-state index contributed by atoms with van der Waals surface area (Å²) in [6.07, 6.45) is 8.03. The first-order valence-corrected chi connectivity index (χ1v) is 11.0. The summed E-state index contributed by atoms with van der Waals surface area (Å²) < 4.78 is 10.7. The molecule has 0 saturated carbocycles. The fraction of sp³-hybridized carbons (Fsp3) is 0.409. The predicted molar refractivity (Wildman–Crippen MR) is 115 cm³/mol. The number of hydrogen-bond donors (Lipinski definition) is 2. The Labute approximate surface area is 183 Å². The van der Waals surface area contributed by atoms with Crippen LogP contribution in [0.1, 0.15) is 40.8 Å².